The molecule has 5 nitrogen and oxygen atoms in total. The molecule has 1 amide bonds. The highest BCUT2D eigenvalue weighted by atomic mass is 32.1. The van der Waals surface area contributed by atoms with Gasteiger partial charge in [-0.05, 0) is 38.0 Å². The molecular weight excluding hydrogens is 286 g/mol. The lowest BCUT2D eigenvalue weighted by molar-refractivity contribution is -0.120. The van der Waals surface area contributed by atoms with E-state index in [9.17, 15) is 4.79 Å². The summed E-state index contributed by atoms with van der Waals surface area (Å²) in [5.41, 5.74) is 0.255. The molecule has 0 saturated carbocycles. The molecule has 21 heavy (non-hydrogen) atoms. The Kier molecular flexibility index (Phi) is 4.57. The average molecular weight is 305 g/mol. The zero-order valence-corrected chi connectivity index (χ0v) is 13.5. The molecule has 112 valence electrons. The maximum absolute atomic E-state index is 12.5. The van der Waals surface area contributed by atoms with Crippen molar-refractivity contribution in [2.45, 2.75) is 32.6 Å². The van der Waals surface area contributed by atoms with E-state index < -0.39 is 5.41 Å². The van der Waals surface area contributed by atoms with E-state index in [0.29, 0.717) is 5.13 Å². The highest BCUT2D eigenvalue weighted by Gasteiger charge is 2.30. The number of aryl methyl sites for hydroxylation is 1. The fraction of sp³-hybridized carbons (Fsp3) is 0.400. The number of anilines is 1. The first-order valence-electron chi connectivity index (χ1n) is 6.75. The van der Waals surface area contributed by atoms with Crippen LogP contribution in [0.25, 0.3) is 0 Å². The molecule has 0 fully saturated rings. The Morgan fingerprint density at radius 1 is 1.29 bits per heavy atom. The average Bonchev–Trinajstić information content (AvgIpc) is 2.95. The molecule has 0 spiro atoms. The molecule has 1 aromatic carbocycles. The van der Waals surface area contributed by atoms with Gasteiger partial charge in [-0.1, -0.05) is 30.4 Å². The fourth-order valence-electron chi connectivity index (χ4n) is 1.84. The molecule has 2 rings (SSSR count). The minimum absolute atomic E-state index is 0.105. The largest absolute Gasteiger partial charge is 0.497 e. The Morgan fingerprint density at radius 2 is 1.95 bits per heavy atom. The van der Waals surface area contributed by atoms with Crippen LogP contribution in [0.2, 0.25) is 0 Å². The van der Waals surface area contributed by atoms with E-state index in [1.54, 1.807) is 7.11 Å². The Hall–Kier alpha value is -1.95. The zero-order chi connectivity index (χ0) is 15.5. The van der Waals surface area contributed by atoms with Crippen molar-refractivity contribution in [3.05, 3.63) is 34.8 Å². The summed E-state index contributed by atoms with van der Waals surface area (Å²) in [4.78, 5) is 12.5. The Balaban J connectivity index is 2.14. The van der Waals surface area contributed by atoms with Gasteiger partial charge in [0, 0.05) is 0 Å². The van der Waals surface area contributed by atoms with Crippen LogP contribution >= 0.6 is 11.3 Å². The minimum atomic E-state index is -0.662. The Labute approximate surface area is 128 Å². The second-order valence-electron chi connectivity index (χ2n) is 5.16. The SMILES string of the molecule is CCc1nnc(NC(=O)C(C)(C)c2ccc(OC)cc2)s1. The quantitative estimate of drug-likeness (QED) is 0.922. The van der Waals surface area contributed by atoms with Crippen molar-refractivity contribution < 1.29 is 9.53 Å². The van der Waals surface area contributed by atoms with Crippen molar-refractivity contribution in [2.75, 3.05) is 12.4 Å². The standard InChI is InChI=1S/C15H19N3O2S/c1-5-12-17-18-14(21-12)16-13(19)15(2,3)10-6-8-11(20-4)9-7-10/h6-9H,5H2,1-4H3,(H,16,18,19). The van der Waals surface area contributed by atoms with E-state index in [1.807, 2.05) is 45.0 Å². The molecular formula is C15H19N3O2S. The fourth-order valence-corrected chi connectivity index (χ4v) is 2.51. The van der Waals surface area contributed by atoms with Crippen LogP contribution in [-0.4, -0.2) is 23.2 Å². The van der Waals surface area contributed by atoms with Crippen LogP contribution < -0.4 is 10.1 Å². The lowest BCUT2D eigenvalue weighted by Crippen LogP contribution is -2.34. The number of hydrogen-bond acceptors (Lipinski definition) is 5. The van der Waals surface area contributed by atoms with Gasteiger partial charge < -0.3 is 4.74 Å². The van der Waals surface area contributed by atoms with Crippen LogP contribution in [-0.2, 0) is 16.6 Å². The van der Waals surface area contributed by atoms with Gasteiger partial charge in [0.05, 0.1) is 12.5 Å². The third-order valence-corrected chi connectivity index (χ3v) is 4.35. The van der Waals surface area contributed by atoms with E-state index in [2.05, 4.69) is 15.5 Å². The number of ether oxygens (including phenoxy) is 1. The van der Waals surface area contributed by atoms with Crippen molar-refractivity contribution in [3.63, 3.8) is 0 Å². The normalized spacial score (nSPS) is 11.2. The Bertz CT molecular complexity index is 620. The number of methoxy groups -OCH3 is 1. The number of benzene rings is 1. The van der Waals surface area contributed by atoms with Gasteiger partial charge in [0.1, 0.15) is 10.8 Å². The third-order valence-electron chi connectivity index (χ3n) is 3.37. The second-order valence-corrected chi connectivity index (χ2v) is 6.22. The van der Waals surface area contributed by atoms with Gasteiger partial charge in [0.15, 0.2) is 0 Å². The summed E-state index contributed by atoms with van der Waals surface area (Å²) < 4.78 is 5.14. The first-order valence-corrected chi connectivity index (χ1v) is 7.57. The zero-order valence-electron chi connectivity index (χ0n) is 12.6. The van der Waals surface area contributed by atoms with E-state index in [-0.39, 0.29) is 5.91 Å². The lowest BCUT2D eigenvalue weighted by Gasteiger charge is -2.23. The van der Waals surface area contributed by atoms with Gasteiger partial charge in [0.2, 0.25) is 11.0 Å². The number of rotatable bonds is 5. The number of carbonyl (C=O) groups is 1. The molecule has 0 aliphatic heterocycles. The molecule has 0 atom stereocenters. The number of amides is 1. The first-order chi connectivity index (χ1) is 9.97. The van der Waals surface area contributed by atoms with E-state index in [0.717, 1.165) is 22.7 Å². The smallest absolute Gasteiger partial charge is 0.236 e. The van der Waals surface area contributed by atoms with Gasteiger partial charge in [-0.15, -0.1) is 10.2 Å². The number of aromatic nitrogens is 2. The first kappa shape index (κ1) is 15.4. The Morgan fingerprint density at radius 3 is 2.48 bits per heavy atom. The van der Waals surface area contributed by atoms with E-state index in [1.165, 1.54) is 11.3 Å². The molecule has 0 saturated heterocycles. The summed E-state index contributed by atoms with van der Waals surface area (Å²) in [6.07, 6.45) is 0.815. The predicted octanol–water partition coefficient (Wildman–Crippen LogP) is 3.03. The minimum Gasteiger partial charge on any atom is -0.497 e. The monoisotopic (exact) mass is 305 g/mol. The number of nitrogens with one attached hydrogen (secondary N) is 1. The summed E-state index contributed by atoms with van der Waals surface area (Å²) in [7, 11) is 1.62. The number of hydrogen-bond donors (Lipinski definition) is 1. The van der Waals surface area contributed by atoms with Gasteiger partial charge in [0.25, 0.3) is 0 Å². The molecule has 1 aromatic heterocycles. The molecule has 0 aliphatic carbocycles. The maximum atomic E-state index is 12.5. The summed E-state index contributed by atoms with van der Waals surface area (Å²) in [5, 5.41) is 12.3. The van der Waals surface area contributed by atoms with Crippen molar-refractivity contribution in [1.82, 2.24) is 10.2 Å². The summed E-state index contributed by atoms with van der Waals surface area (Å²) in [5.74, 6) is 0.665. The van der Waals surface area contributed by atoms with Crippen molar-refractivity contribution in [3.8, 4) is 5.75 Å². The van der Waals surface area contributed by atoms with Crippen LogP contribution in [0.4, 0.5) is 5.13 Å². The van der Waals surface area contributed by atoms with Gasteiger partial charge in [-0.25, -0.2) is 0 Å². The summed E-state index contributed by atoms with van der Waals surface area (Å²) in [6, 6.07) is 7.50. The van der Waals surface area contributed by atoms with Gasteiger partial charge >= 0.3 is 0 Å². The molecule has 0 radical (unpaired) electrons. The van der Waals surface area contributed by atoms with Crippen molar-refractivity contribution in [2.24, 2.45) is 0 Å². The number of carbonyl (C=O) groups excluding carboxylic acids is 1. The van der Waals surface area contributed by atoms with Gasteiger partial charge in [-0.3, -0.25) is 10.1 Å². The molecule has 0 bridgehead atoms. The maximum Gasteiger partial charge on any atom is 0.236 e. The van der Waals surface area contributed by atoms with Crippen molar-refractivity contribution >= 4 is 22.4 Å². The third kappa shape index (κ3) is 3.39. The van der Waals surface area contributed by atoms with Crippen LogP contribution in [0, 0.1) is 0 Å². The molecule has 6 heteroatoms. The van der Waals surface area contributed by atoms with Crippen LogP contribution in [0.15, 0.2) is 24.3 Å². The molecule has 0 unspecified atom stereocenters. The highest BCUT2D eigenvalue weighted by molar-refractivity contribution is 7.15. The van der Waals surface area contributed by atoms with Crippen LogP contribution in [0.5, 0.6) is 5.75 Å². The molecule has 0 aliphatic rings. The van der Waals surface area contributed by atoms with Crippen molar-refractivity contribution in [1.29, 1.82) is 0 Å². The van der Waals surface area contributed by atoms with Gasteiger partial charge in [-0.2, -0.15) is 0 Å². The molecule has 1 heterocycles. The summed E-state index contributed by atoms with van der Waals surface area (Å²) >= 11 is 1.40. The molecule has 1 N–H and O–H groups in total. The summed E-state index contributed by atoms with van der Waals surface area (Å²) in [6.45, 7) is 5.77. The van der Waals surface area contributed by atoms with E-state index >= 15 is 0 Å². The highest BCUT2D eigenvalue weighted by Crippen LogP contribution is 2.27. The predicted molar refractivity (Wildman–Crippen MR) is 83.9 cm³/mol. The van der Waals surface area contributed by atoms with Crippen LogP contribution in [0.3, 0.4) is 0 Å². The molecule has 2 aromatic rings. The lowest BCUT2D eigenvalue weighted by atomic mass is 9.84. The topological polar surface area (TPSA) is 64.1 Å². The second kappa shape index (κ2) is 6.22. The van der Waals surface area contributed by atoms with Crippen LogP contribution in [0.1, 0.15) is 31.3 Å². The number of nitrogens with zero attached hydrogens (tertiary/aromatic N) is 2. The van der Waals surface area contributed by atoms with E-state index in [4.69, 9.17) is 4.74 Å².